The van der Waals surface area contributed by atoms with Gasteiger partial charge in [-0.15, -0.1) is 11.3 Å². The lowest BCUT2D eigenvalue weighted by Crippen LogP contribution is -2.12. The van der Waals surface area contributed by atoms with Crippen molar-refractivity contribution in [2.45, 2.75) is 6.92 Å². The van der Waals surface area contributed by atoms with Gasteiger partial charge in [-0.05, 0) is 24.6 Å². The van der Waals surface area contributed by atoms with Gasteiger partial charge in [-0.1, -0.05) is 17.7 Å². The standard InChI is InChI=1S/C12H9ClN2O3S/c1-6-2-3-8(7(13)4-6)14-10(16)11-15-9(5-19-11)12(17)18/h2-5H,1H3,(H,14,16)(H,17,18). The zero-order chi connectivity index (χ0) is 14.0. The van der Waals surface area contributed by atoms with E-state index in [1.54, 1.807) is 12.1 Å². The SMILES string of the molecule is Cc1ccc(NC(=O)c2nc(C(=O)O)cs2)c(Cl)c1. The largest absolute Gasteiger partial charge is 0.476 e. The zero-order valence-electron chi connectivity index (χ0n) is 9.81. The smallest absolute Gasteiger partial charge is 0.355 e. The Kier molecular flexibility index (Phi) is 3.82. The number of carbonyl (C=O) groups is 2. The second-order valence-corrected chi connectivity index (χ2v) is 5.05. The van der Waals surface area contributed by atoms with Crippen LogP contribution in [0, 0.1) is 6.92 Å². The number of nitrogens with zero attached hydrogens (tertiary/aromatic N) is 1. The summed E-state index contributed by atoms with van der Waals surface area (Å²) in [6, 6.07) is 5.22. The molecule has 0 unspecified atom stereocenters. The third-order valence-electron chi connectivity index (χ3n) is 2.29. The Bertz CT molecular complexity index is 654. The summed E-state index contributed by atoms with van der Waals surface area (Å²) in [5.41, 5.74) is 1.29. The minimum atomic E-state index is -1.16. The quantitative estimate of drug-likeness (QED) is 0.912. The molecule has 0 fully saturated rings. The molecule has 98 valence electrons. The maximum Gasteiger partial charge on any atom is 0.355 e. The highest BCUT2D eigenvalue weighted by molar-refractivity contribution is 7.12. The predicted molar refractivity (Wildman–Crippen MR) is 73.2 cm³/mol. The molecular formula is C12H9ClN2O3S. The molecule has 1 aromatic heterocycles. The molecule has 7 heteroatoms. The van der Waals surface area contributed by atoms with E-state index in [2.05, 4.69) is 10.3 Å². The van der Waals surface area contributed by atoms with Gasteiger partial charge < -0.3 is 10.4 Å². The van der Waals surface area contributed by atoms with Crippen molar-refractivity contribution in [2.75, 3.05) is 5.32 Å². The molecule has 19 heavy (non-hydrogen) atoms. The fourth-order valence-electron chi connectivity index (χ4n) is 1.37. The van der Waals surface area contributed by atoms with Crippen LogP contribution in [0.4, 0.5) is 5.69 Å². The van der Waals surface area contributed by atoms with E-state index in [4.69, 9.17) is 16.7 Å². The fraction of sp³-hybridized carbons (Fsp3) is 0.0833. The van der Waals surface area contributed by atoms with Crippen LogP contribution in [0.1, 0.15) is 25.9 Å². The number of amides is 1. The average Bonchev–Trinajstić information content (AvgIpc) is 2.82. The number of anilines is 1. The summed E-state index contributed by atoms with van der Waals surface area (Å²) in [5.74, 6) is -1.65. The number of nitrogens with one attached hydrogen (secondary N) is 1. The molecule has 1 heterocycles. The highest BCUT2D eigenvalue weighted by Gasteiger charge is 2.15. The van der Waals surface area contributed by atoms with Crippen molar-refractivity contribution >= 4 is 40.5 Å². The number of benzene rings is 1. The molecule has 2 rings (SSSR count). The molecule has 0 atom stereocenters. The van der Waals surface area contributed by atoms with E-state index < -0.39 is 11.9 Å². The third-order valence-corrected chi connectivity index (χ3v) is 3.44. The van der Waals surface area contributed by atoms with Gasteiger partial charge in [0.05, 0.1) is 10.7 Å². The maximum atomic E-state index is 11.9. The van der Waals surface area contributed by atoms with Crippen molar-refractivity contribution in [3.63, 3.8) is 0 Å². The maximum absolute atomic E-state index is 11.9. The highest BCUT2D eigenvalue weighted by Crippen LogP contribution is 2.23. The summed E-state index contributed by atoms with van der Waals surface area (Å²) in [6.45, 7) is 1.89. The van der Waals surface area contributed by atoms with Crippen molar-refractivity contribution in [3.8, 4) is 0 Å². The minimum absolute atomic E-state index is 0.0778. The van der Waals surface area contributed by atoms with Crippen molar-refractivity contribution in [2.24, 2.45) is 0 Å². The average molecular weight is 297 g/mol. The van der Waals surface area contributed by atoms with Crippen molar-refractivity contribution in [1.29, 1.82) is 0 Å². The second kappa shape index (κ2) is 5.38. The van der Waals surface area contributed by atoms with Gasteiger partial charge in [-0.25, -0.2) is 9.78 Å². The highest BCUT2D eigenvalue weighted by atomic mass is 35.5. The van der Waals surface area contributed by atoms with Gasteiger partial charge in [0.1, 0.15) is 0 Å². The van der Waals surface area contributed by atoms with Gasteiger partial charge in [0.15, 0.2) is 10.7 Å². The predicted octanol–water partition coefficient (Wildman–Crippen LogP) is 3.06. The van der Waals surface area contributed by atoms with Crippen molar-refractivity contribution in [1.82, 2.24) is 4.98 Å². The number of thiazole rings is 1. The van der Waals surface area contributed by atoms with E-state index in [1.165, 1.54) is 5.38 Å². The van der Waals surface area contributed by atoms with Crippen LogP contribution in [0.25, 0.3) is 0 Å². The van der Waals surface area contributed by atoms with Crippen molar-refractivity contribution < 1.29 is 14.7 Å². The molecule has 0 saturated heterocycles. The van der Waals surface area contributed by atoms with Crippen LogP contribution in [-0.2, 0) is 0 Å². The van der Waals surface area contributed by atoms with Gasteiger partial charge in [0.2, 0.25) is 0 Å². The third kappa shape index (κ3) is 3.10. The van der Waals surface area contributed by atoms with E-state index in [0.29, 0.717) is 10.7 Å². The molecule has 0 bridgehead atoms. The number of hydrogen-bond donors (Lipinski definition) is 2. The molecule has 0 aliphatic carbocycles. The number of rotatable bonds is 3. The normalized spacial score (nSPS) is 10.2. The van der Waals surface area contributed by atoms with E-state index in [9.17, 15) is 9.59 Å². The summed E-state index contributed by atoms with van der Waals surface area (Å²) in [5, 5.41) is 13.1. The molecule has 0 aliphatic heterocycles. The molecule has 0 radical (unpaired) electrons. The molecule has 0 saturated carbocycles. The van der Waals surface area contributed by atoms with Gasteiger partial charge in [-0.2, -0.15) is 0 Å². The Morgan fingerprint density at radius 3 is 2.74 bits per heavy atom. The Morgan fingerprint density at radius 2 is 2.16 bits per heavy atom. The number of aromatic nitrogens is 1. The van der Waals surface area contributed by atoms with E-state index in [-0.39, 0.29) is 10.7 Å². The van der Waals surface area contributed by atoms with E-state index in [1.807, 2.05) is 13.0 Å². The number of halogens is 1. The lowest BCUT2D eigenvalue weighted by Gasteiger charge is -2.05. The van der Waals surface area contributed by atoms with Crippen LogP contribution in [-0.4, -0.2) is 22.0 Å². The first-order valence-corrected chi connectivity index (χ1v) is 6.49. The molecule has 0 aliphatic rings. The summed E-state index contributed by atoms with van der Waals surface area (Å²) in [6.07, 6.45) is 0. The second-order valence-electron chi connectivity index (χ2n) is 3.78. The first-order chi connectivity index (χ1) is 8.97. The van der Waals surface area contributed by atoms with Crippen LogP contribution in [0.5, 0.6) is 0 Å². The molecule has 1 amide bonds. The fourth-order valence-corrected chi connectivity index (χ4v) is 2.34. The van der Waals surface area contributed by atoms with Crippen LogP contribution >= 0.6 is 22.9 Å². The number of aryl methyl sites for hydroxylation is 1. The number of carbonyl (C=O) groups excluding carboxylic acids is 1. The molecule has 2 N–H and O–H groups in total. The molecule has 5 nitrogen and oxygen atoms in total. The molecular weight excluding hydrogens is 288 g/mol. The summed E-state index contributed by atoms with van der Waals surface area (Å²) in [7, 11) is 0. The minimum Gasteiger partial charge on any atom is -0.476 e. The Labute approximate surface area is 117 Å². The first-order valence-electron chi connectivity index (χ1n) is 5.23. The van der Waals surface area contributed by atoms with Crippen LogP contribution in [0.3, 0.4) is 0 Å². The van der Waals surface area contributed by atoms with Gasteiger partial charge in [0, 0.05) is 5.38 Å². The van der Waals surface area contributed by atoms with Gasteiger partial charge >= 0.3 is 5.97 Å². The van der Waals surface area contributed by atoms with Crippen LogP contribution < -0.4 is 5.32 Å². The number of aromatic carboxylic acids is 1. The first kappa shape index (κ1) is 13.5. The summed E-state index contributed by atoms with van der Waals surface area (Å²) >= 11 is 6.96. The van der Waals surface area contributed by atoms with Gasteiger partial charge in [-0.3, -0.25) is 4.79 Å². The number of carboxylic acids is 1. The Balaban J connectivity index is 2.18. The molecule has 0 spiro atoms. The lowest BCUT2D eigenvalue weighted by molar-refractivity contribution is 0.0691. The zero-order valence-corrected chi connectivity index (χ0v) is 11.4. The topological polar surface area (TPSA) is 79.3 Å². The van der Waals surface area contributed by atoms with Gasteiger partial charge in [0.25, 0.3) is 5.91 Å². The summed E-state index contributed by atoms with van der Waals surface area (Å²) in [4.78, 5) is 26.3. The van der Waals surface area contributed by atoms with Crippen LogP contribution in [0.2, 0.25) is 5.02 Å². The monoisotopic (exact) mass is 296 g/mol. The lowest BCUT2D eigenvalue weighted by atomic mass is 10.2. The Morgan fingerprint density at radius 1 is 1.42 bits per heavy atom. The van der Waals surface area contributed by atoms with E-state index in [0.717, 1.165) is 16.9 Å². The molecule has 1 aromatic carbocycles. The number of hydrogen-bond acceptors (Lipinski definition) is 4. The Hall–Kier alpha value is -1.92. The summed E-state index contributed by atoms with van der Waals surface area (Å²) < 4.78 is 0. The molecule has 2 aromatic rings. The van der Waals surface area contributed by atoms with E-state index >= 15 is 0 Å². The van der Waals surface area contributed by atoms with Crippen LogP contribution in [0.15, 0.2) is 23.6 Å². The number of carboxylic acid groups (broad SMARTS) is 1. The van der Waals surface area contributed by atoms with Crippen molar-refractivity contribution in [3.05, 3.63) is 44.9 Å².